The van der Waals surface area contributed by atoms with E-state index in [0.29, 0.717) is 16.2 Å². The number of halogens is 1. The summed E-state index contributed by atoms with van der Waals surface area (Å²) in [5.41, 5.74) is 0.610. The Morgan fingerprint density at radius 1 is 1.53 bits per heavy atom. The third-order valence-electron chi connectivity index (χ3n) is 2.38. The van der Waals surface area contributed by atoms with E-state index in [1.165, 1.54) is 17.4 Å². The summed E-state index contributed by atoms with van der Waals surface area (Å²) < 4.78 is 12.1. The van der Waals surface area contributed by atoms with E-state index in [1.54, 1.807) is 18.9 Å². The SMILES string of the molecule is COCCSCCNc1cc(=O)c2scc(Br)c2o1. The van der Waals surface area contributed by atoms with E-state index in [-0.39, 0.29) is 5.43 Å². The zero-order valence-corrected chi connectivity index (χ0v) is 13.6. The number of methoxy groups -OCH3 is 1. The molecule has 0 aliphatic carbocycles. The van der Waals surface area contributed by atoms with Gasteiger partial charge < -0.3 is 14.5 Å². The first-order valence-electron chi connectivity index (χ1n) is 5.74. The zero-order valence-electron chi connectivity index (χ0n) is 10.4. The summed E-state index contributed by atoms with van der Waals surface area (Å²) in [5, 5.41) is 4.99. The summed E-state index contributed by atoms with van der Waals surface area (Å²) in [6, 6.07) is 1.51. The van der Waals surface area contributed by atoms with E-state index >= 15 is 0 Å². The van der Waals surface area contributed by atoms with Crippen molar-refractivity contribution in [3.63, 3.8) is 0 Å². The number of anilines is 1. The normalized spacial score (nSPS) is 11.1. The lowest BCUT2D eigenvalue weighted by molar-refractivity contribution is 0.218. The molecule has 0 unspecified atom stereocenters. The summed E-state index contributed by atoms with van der Waals surface area (Å²) in [6.45, 7) is 1.51. The molecule has 2 aromatic rings. The van der Waals surface area contributed by atoms with Crippen LogP contribution in [0.25, 0.3) is 10.3 Å². The first-order valence-corrected chi connectivity index (χ1v) is 8.56. The van der Waals surface area contributed by atoms with Crippen molar-refractivity contribution in [3.05, 3.63) is 26.1 Å². The summed E-state index contributed by atoms with van der Waals surface area (Å²) >= 11 is 6.56. The van der Waals surface area contributed by atoms with Gasteiger partial charge in [0.15, 0.2) is 11.5 Å². The third-order valence-corrected chi connectivity index (χ3v) is 5.19. The average molecular weight is 364 g/mol. The largest absolute Gasteiger partial charge is 0.438 e. The van der Waals surface area contributed by atoms with Gasteiger partial charge in [0.1, 0.15) is 4.70 Å². The van der Waals surface area contributed by atoms with Crippen LogP contribution in [0.4, 0.5) is 5.88 Å². The number of hydrogen-bond donors (Lipinski definition) is 1. The minimum atomic E-state index is -0.00788. The molecule has 4 nitrogen and oxygen atoms in total. The van der Waals surface area contributed by atoms with Crippen LogP contribution in [0.2, 0.25) is 0 Å². The zero-order chi connectivity index (χ0) is 13.7. The van der Waals surface area contributed by atoms with Gasteiger partial charge in [-0.25, -0.2) is 0 Å². The third kappa shape index (κ3) is 3.98. The molecule has 0 amide bonds. The molecular formula is C12H14BrNO3S2. The molecule has 0 aromatic carbocycles. The minimum Gasteiger partial charge on any atom is -0.438 e. The van der Waals surface area contributed by atoms with Gasteiger partial charge in [-0.2, -0.15) is 11.8 Å². The number of thioether (sulfide) groups is 1. The first kappa shape index (κ1) is 14.9. The Morgan fingerprint density at radius 2 is 2.37 bits per heavy atom. The Kier molecular flexibility index (Phi) is 5.75. The Balaban J connectivity index is 1.94. The second kappa shape index (κ2) is 7.33. The predicted octanol–water partition coefficient (Wildman–Crippen LogP) is 3.41. The Labute approximate surface area is 127 Å². The van der Waals surface area contributed by atoms with Gasteiger partial charge in [0.05, 0.1) is 11.1 Å². The lowest BCUT2D eigenvalue weighted by Gasteiger charge is -2.05. The van der Waals surface area contributed by atoms with Crippen LogP contribution in [0, 0.1) is 0 Å². The topological polar surface area (TPSA) is 51.5 Å². The van der Waals surface area contributed by atoms with E-state index in [2.05, 4.69) is 21.2 Å². The maximum absolute atomic E-state index is 11.9. The molecule has 2 heterocycles. The highest BCUT2D eigenvalue weighted by molar-refractivity contribution is 9.10. The number of ether oxygens (including phenoxy) is 1. The molecule has 19 heavy (non-hydrogen) atoms. The van der Waals surface area contributed by atoms with Gasteiger partial charge in [-0.1, -0.05) is 0 Å². The summed E-state index contributed by atoms with van der Waals surface area (Å²) in [6.07, 6.45) is 0. The average Bonchev–Trinajstić information content (AvgIpc) is 2.76. The van der Waals surface area contributed by atoms with Gasteiger partial charge in [-0.05, 0) is 15.9 Å². The summed E-state index contributed by atoms with van der Waals surface area (Å²) in [5.74, 6) is 2.43. The van der Waals surface area contributed by atoms with Crippen LogP contribution >= 0.6 is 39.0 Å². The fraction of sp³-hybridized carbons (Fsp3) is 0.417. The Hall–Kier alpha value is -0.500. The number of hydrogen-bond acceptors (Lipinski definition) is 6. The van der Waals surface area contributed by atoms with Crippen molar-refractivity contribution in [2.24, 2.45) is 0 Å². The van der Waals surface area contributed by atoms with Crippen LogP contribution in [-0.2, 0) is 4.74 Å². The fourth-order valence-electron chi connectivity index (χ4n) is 1.49. The van der Waals surface area contributed by atoms with Crippen LogP contribution in [0.3, 0.4) is 0 Å². The highest BCUT2D eigenvalue weighted by Gasteiger charge is 2.09. The molecule has 2 aromatic heterocycles. The smallest absolute Gasteiger partial charge is 0.204 e. The highest BCUT2D eigenvalue weighted by Crippen LogP contribution is 2.29. The van der Waals surface area contributed by atoms with Gasteiger partial charge in [0.2, 0.25) is 5.43 Å². The van der Waals surface area contributed by atoms with E-state index < -0.39 is 0 Å². The molecule has 0 saturated carbocycles. The van der Waals surface area contributed by atoms with Gasteiger partial charge in [-0.15, -0.1) is 11.3 Å². The van der Waals surface area contributed by atoms with Crippen molar-refractivity contribution >= 4 is 55.2 Å². The van der Waals surface area contributed by atoms with Gasteiger partial charge in [0, 0.05) is 36.6 Å². The van der Waals surface area contributed by atoms with Crippen molar-refractivity contribution in [2.75, 3.05) is 37.1 Å². The van der Waals surface area contributed by atoms with Gasteiger partial charge >= 0.3 is 0 Å². The molecule has 0 aliphatic rings. The molecule has 0 radical (unpaired) electrons. The van der Waals surface area contributed by atoms with Crippen molar-refractivity contribution in [1.29, 1.82) is 0 Å². The molecule has 104 valence electrons. The van der Waals surface area contributed by atoms with Crippen molar-refractivity contribution in [1.82, 2.24) is 0 Å². The molecule has 7 heteroatoms. The van der Waals surface area contributed by atoms with Gasteiger partial charge in [0.25, 0.3) is 0 Å². The van der Waals surface area contributed by atoms with Crippen molar-refractivity contribution in [3.8, 4) is 0 Å². The molecule has 0 aliphatic heterocycles. The molecule has 0 bridgehead atoms. The van der Waals surface area contributed by atoms with E-state index in [9.17, 15) is 4.79 Å². The molecule has 2 rings (SSSR count). The molecule has 1 N–H and O–H groups in total. The lowest BCUT2D eigenvalue weighted by atomic mass is 10.4. The molecule has 0 atom stereocenters. The quantitative estimate of drug-likeness (QED) is 0.763. The second-order valence-electron chi connectivity index (χ2n) is 3.75. The molecular weight excluding hydrogens is 350 g/mol. The van der Waals surface area contributed by atoms with Crippen molar-refractivity contribution in [2.45, 2.75) is 0 Å². The number of rotatable bonds is 7. The molecule has 0 fully saturated rings. The van der Waals surface area contributed by atoms with Crippen molar-refractivity contribution < 1.29 is 9.15 Å². The monoisotopic (exact) mass is 363 g/mol. The van der Waals surface area contributed by atoms with Gasteiger partial charge in [-0.3, -0.25) is 4.79 Å². The van der Waals surface area contributed by atoms with Crippen LogP contribution < -0.4 is 10.7 Å². The standard InChI is InChI=1S/C12H14BrNO3S2/c1-16-3-5-18-4-2-14-10-6-9(15)12-11(17-10)8(13)7-19-12/h6-7,14H,2-5H2,1H3. The number of fused-ring (bicyclic) bond motifs is 1. The number of nitrogens with one attached hydrogen (secondary N) is 1. The lowest BCUT2D eigenvalue weighted by Crippen LogP contribution is -2.08. The molecule has 0 saturated heterocycles. The molecule has 0 spiro atoms. The van der Waals surface area contributed by atoms with Crippen LogP contribution in [0.15, 0.2) is 25.1 Å². The maximum atomic E-state index is 11.9. The predicted molar refractivity (Wildman–Crippen MR) is 85.8 cm³/mol. The minimum absolute atomic E-state index is 0.00788. The van der Waals surface area contributed by atoms with Crippen LogP contribution in [0.5, 0.6) is 0 Å². The first-order chi connectivity index (χ1) is 9.22. The maximum Gasteiger partial charge on any atom is 0.204 e. The van der Waals surface area contributed by atoms with E-state index in [1.807, 2.05) is 5.38 Å². The Morgan fingerprint density at radius 3 is 3.16 bits per heavy atom. The Bertz CT molecular complexity index is 596. The van der Waals surface area contributed by atoms with E-state index in [0.717, 1.165) is 29.1 Å². The number of thiophene rings is 1. The second-order valence-corrected chi connectivity index (χ2v) is 6.71. The van der Waals surface area contributed by atoms with E-state index in [4.69, 9.17) is 9.15 Å². The highest BCUT2D eigenvalue weighted by atomic mass is 79.9. The van der Waals surface area contributed by atoms with Crippen LogP contribution in [0.1, 0.15) is 0 Å². The van der Waals surface area contributed by atoms with Crippen LogP contribution in [-0.4, -0.2) is 31.8 Å². The summed E-state index contributed by atoms with van der Waals surface area (Å²) in [4.78, 5) is 11.9. The summed E-state index contributed by atoms with van der Waals surface area (Å²) in [7, 11) is 1.70. The fourth-order valence-corrected chi connectivity index (χ4v) is 3.68.